The van der Waals surface area contributed by atoms with Gasteiger partial charge in [0.1, 0.15) is 11.7 Å². The van der Waals surface area contributed by atoms with Gasteiger partial charge >= 0.3 is 5.69 Å². The number of aromatic nitrogens is 2. The molecule has 1 unspecified atom stereocenters. The van der Waals surface area contributed by atoms with Crippen LogP contribution in [0.2, 0.25) is 0 Å². The van der Waals surface area contributed by atoms with Gasteiger partial charge in [-0.2, -0.15) is 0 Å². The zero-order valence-electron chi connectivity index (χ0n) is 19.3. The maximum absolute atomic E-state index is 14.1. The summed E-state index contributed by atoms with van der Waals surface area (Å²) in [6.45, 7) is 6.17. The lowest BCUT2D eigenvalue weighted by Crippen LogP contribution is -2.47. The van der Waals surface area contributed by atoms with E-state index in [2.05, 4.69) is 26.8 Å². The van der Waals surface area contributed by atoms with Crippen molar-refractivity contribution in [1.29, 1.82) is 0 Å². The molecule has 0 bridgehead atoms. The summed E-state index contributed by atoms with van der Waals surface area (Å²) in [7, 11) is 5.14. The highest BCUT2D eigenvalue weighted by molar-refractivity contribution is 6.12. The first-order valence-corrected chi connectivity index (χ1v) is 10.7. The molecule has 1 aromatic heterocycles. The largest absolute Gasteiger partial charge is 0.497 e. The highest BCUT2D eigenvalue weighted by atomic mass is 16.5. The van der Waals surface area contributed by atoms with Gasteiger partial charge < -0.3 is 9.64 Å². The molecular formula is C26H27N3O3. The van der Waals surface area contributed by atoms with Crippen LogP contribution in [0, 0.1) is 0 Å². The van der Waals surface area contributed by atoms with Crippen molar-refractivity contribution in [2.45, 2.75) is 32.2 Å². The summed E-state index contributed by atoms with van der Waals surface area (Å²) < 4.78 is 8.85. The first-order valence-electron chi connectivity index (χ1n) is 10.7. The Hall–Kier alpha value is -3.54. The van der Waals surface area contributed by atoms with Gasteiger partial charge in [0.05, 0.1) is 29.7 Å². The van der Waals surface area contributed by atoms with E-state index in [9.17, 15) is 9.59 Å². The number of nitrogens with zero attached hydrogens (tertiary/aromatic N) is 3. The fourth-order valence-electron chi connectivity index (χ4n) is 5.42. The van der Waals surface area contributed by atoms with Crippen molar-refractivity contribution in [2.24, 2.45) is 14.1 Å². The minimum absolute atomic E-state index is 0.0263. The fraction of sp³-hybridized carbons (Fsp3) is 0.308. The molecule has 5 rings (SSSR count). The second kappa shape index (κ2) is 6.73. The molecule has 2 aliphatic heterocycles. The number of hydrogen-bond acceptors (Lipinski definition) is 3. The van der Waals surface area contributed by atoms with Crippen LogP contribution in [-0.2, 0) is 18.9 Å². The molecule has 3 aromatic rings. The van der Waals surface area contributed by atoms with Crippen molar-refractivity contribution in [1.82, 2.24) is 9.13 Å². The maximum Gasteiger partial charge on any atom is 0.328 e. The summed E-state index contributed by atoms with van der Waals surface area (Å²) in [5.41, 5.74) is 5.64. The number of carbonyl (C=O) groups excluding carboxylic acids is 1. The van der Waals surface area contributed by atoms with Gasteiger partial charge in [-0.1, -0.05) is 36.4 Å². The van der Waals surface area contributed by atoms with Gasteiger partial charge in [-0.15, -0.1) is 0 Å². The second-order valence-corrected chi connectivity index (χ2v) is 9.20. The van der Waals surface area contributed by atoms with Crippen LogP contribution in [0.5, 0.6) is 5.75 Å². The number of methoxy groups -OCH3 is 1. The van der Waals surface area contributed by atoms with E-state index in [0.717, 1.165) is 33.6 Å². The second-order valence-electron chi connectivity index (χ2n) is 9.20. The van der Waals surface area contributed by atoms with Gasteiger partial charge in [0.15, 0.2) is 0 Å². The molecule has 0 saturated carbocycles. The van der Waals surface area contributed by atoms with E-state index < -0.39 is 11.5 Å². The molecule has 2 aliphatic rings. The number of hydrogen-bond donors (Lipinski definition) is 0. The highest BCUT2D eigenvalue weighted by Gasteiger charge is 2.49. The SMILES string of the molecule is COc1cc2c3c(c1)C(c1c(-c4ccccc4)n(C)c(=O)n1C)C(=O)N3C(C)(C)C=C2C. The Morgan fingerprint density at radius 1 is 1.00 bits per heavy atom. The van der Waals surface area contributed by atoms with Crippen molar-refractivity contribution >= 4 is 17.2 Å². The lowest BCUT2D eigenvalue weighted by molar-refractivity contribution is -0.119. The number of carbonyl (C=O) groups is 1. The molecule has 0 aliphatic carbocycles. The van der Waals surface area contributed by atoms with Crippen LogP contribution in [-0.4, -0.2) is 27.7 Å². The van der Waals surface area contributed by atoms with E-state index in [4.69, 9.17) is 4.74 Å². The molecule has 0 spiro atoms. The van der Waals surface area contributed by atoms with Crippen LogP contribution in [0.3, 0.4) is 0 Å². The number of benzene rings is 2. The van der Waals surface area contributed by atoms with Gasteiger partial charge in [-0.3, -0.25) is 13.9 Å². The summed E-state index contributed by atoms with van der Waals surface area (Å²) in [5, 5.41) is 0. The molecule has 6 nitrogen and oxygen atoms in total. The molecule has 1 amide bonds. The lowest BCUT2D eigenvalue weighted by atomic mass is 9.88. The van der Waals surface area contributed by atoms with E-state index in [1.165, 1.54) is 0 Å². The number of ether oxygens (including phenoxy) is 1. The van der Waals surface area contributed by atoms with Crippen LogP contribution in [0.4, 0.5) is 5.69 Å². The Kier molecular flexibility index (Phi) is 4.28. The minimum atomic E-state index is -0.605. The van der Waals surface area contributed by atoms with E-state index in [-0.39, 0.29) is 11.6 Å². The van der Waals surface area contributed by atoms with Gasteiger partial charge in [0.2, 0.25) is 5.91 Å². The first-order chi connectivity index (χ1) is 15.2. The number of amides is 1. The smallest absolute Gasteiger partial charge is 0.328 e. The summed E-state index contributed by atoms with van der Waals surface area (Å²) in [5.74, 6) is 0.0706. The lowest BCUT2D eigenvalue weighted by Gasteiger charge is -2.39. The third-order valence-electron chi connectivity index (χ3n) is 6.76. The summed E-state index contributed by atoms with van der Waals surface area (Å²) >= 11 is 0. The number of imidazole rings is 1. The van der Waals surface area contributed by atoms with E-state index >= 15 is 0 Å². The first kappa shape index (κ1) is 20.4. The minimum Gasteiger partial charge on any atom is -0.497 e. The predicted molar refractivity (Wildman–Crippen MR) is 126 cm³/mol. The molecule has 1 atom stereocenters. The Bertz CT molecular complexity index is 1360. The Morgan fingerprint density at radius 2 is 1.69 bits per heavy atom. The highest BCUT2D eigenvalue weighted by Crippen LogP contribution is 2.53. The topological polar surface area (TPSA) is 56.5 Å². The summed E-state index contributed by atoms with van der Waals surface area (Å²) in [6, 6.07) is 13.7. The Labute approximate surface area is 187 Å². The van der Waals surface area contributed by atoms with Crippen LogP contribution >= 0.6 is 0 Å². The summed E-state index contributed by atoms with van der Waals surface area (Å²) in [6.07, 6.45) is 2.13. The van der Waals surface area contributed by atoms with Gasteiger partial charge in [0, 0.05) is 25.2 Å². The monoisotopic (exact) mass is 429 g/mol. The molecule has 164 valence electrons. The Morgan fingerprint density at radius 3 is 2.34 bits per heavy atom. The van der Waals surface area contributed by atoms with Crippen LogP contribution in [0.25, 0.3) is 16.8 Å². The predicted octanol–water partition coefficient (Wildman–Crippen LogP) is 4.07. The van der Waals surface area contributed by atoms with Crippen molar-refractivity contribution in [2.75, 3.05) is 12.0 Å². The van der Waals surface area contributed by atoms with Crippen molar-refractivity contribution in [3.05, 3.63) is 75.8 Å². The average Bonchev–Trinajstić information content (AvgIpc) is 3.17. The molecule has 0 saturated heterocycles. The Balaban J connectivity index is 1.86. The van der Waals surface area contributed by atoms with Gasteiger partial charge in [-0.05, 0) is 44.0 Å². The van der Waals surface area contributed by atoms with Crippen LogP contribution in [0.15, 0.2) is 53.3 Å². The zero-order valence-corrected chi connectivity index (χ0v) is 19.3. The standard InChI is InChI=1S/C26H27N3O3/c1-15-14-26(2,3)29-22-18(15)12-17(32-6)13-19(22)20(24(29)30)23-21(16-10-8-7-9-11-16)27(4)25(31)28(23)5/h7-14,20H,1-6H3. The van der Waals surface area contributed by atoms with E-state index in [0.29, 0.717) is 11.4 Å². The van der Waals surface area contributed by atoms with Crippen LogP contribution in [0.1, 0.15) is 43.5 Å². The molecule has 0 radical (unpaired) electrons. The van der Waals surface area contributed by atoms with Crippen molar-refractivity contribution in [3.8, 4) is 17.0 Å². The molecule has 3 heterocycles. The average molecular weight is 430 g/mol. The van der Waals surface area contributed by atoms with Gasteiger partial charge in [0.25, 0.3) is 0 Å². The van der Waals surface area contributed by atoms with E-state index in [1.54, 1.807) is 30.3 Å². The fourth-order valence-corrected chi connectivity index (χ4v) is 5.42. The van der Waals surface area contributed by atoms with Crippen molar-refractivity contribution in [3.63, 3.8) is 0 Å². The third kappa shape index (κ3) is 2.58. The molecule has 0 N–H and O–H groups in total. The summed E-state index contributed by atoms with van der Waals surface area (Å²) in [4.78, 5) is 29.0. The maximum atomic E-state index is 14.1. The van der Waals surface area contributed by atoms with Gasteiger partial charge in [-0.25, -0.2) is 4.79 Å². The quantitative estimate of drug-likeness (QED) is 0.631. The molecule has 2 aromatic carbocycles. The molecule has 0 fully saturated rings. The number of anilines is 1. The van der Waals surface area contributed by atoms with E-state index in [1.807, 2.05) is 47.4 Å². The zero-order chi connectivity index (χ0) is 22.9. The van der Waals surface area contributed by atoms with Crippen LogP contribution < -0.4 is 15.3 Å². The molecule has 6 heteroatoms. The third-order valence-corrected chi connectivity index (χ3v) is 6.76. The normalized spacial score (nSPS) is 18.6. The molecule has 32 heavy (non-hydrogen) atoms. The number of rotatable bonds is 3. The number of allylic oxidation sites excluding steroid dienone is 1. The molecular weight excluding hydrogens is 402 g/mol. The van der Waals surface area contributed by atoms with Crippen molar-refractivity contribution < 1.29 is 9.53 Å².